The zero-order chi connectivity index (χ0) is 23.6. The van der Waals surface area contributed by atoms with Gasteiger partial charge in [0.15, 0.2) is 23.9 Å². The van der Waals surface area contributed by atoms with E-state index in [1.54, 1.807) is 26.0 Å². The van der Waals surface area contributed by atoms with Gasteiger partial charge in [0.05, 0.1) is 23.8 Å². The molecule has 0 radical (unpaired) electrons. The Hall–Kier alpha value is -3.26. The van der Waals surface area contributed by atoms with Crippen molar-refractivity contribution >= 4 is 23.4 Å². The van der Waals surface area contributed by atoms with E-state index in [0.717, 1.165) is 5.69 Å². The van der Waals surface area contributed by atoms with Gasteiger partial charge in [-0.3, -0.25) is 9.36 Å². The van der Waals surface area contributed by atoms with Crippen LogP contribution in [0.15, 0.2) is 28.8 Å². The molecule has 2 aromatic heterocycles. The molecule has 9 heteroatoms. The van der Waals surface area contributed by atoms with Crippen LogP contribution >= 0.6 is 11.6 Å². The van der Waals surface area contributed by atoms with Crippen molar-refractivity contribution < 1.29 is 28.3 Å². The molecule has 32 heavy (non-hydrogen) atoms. The number of halogens is 1. The van der Waals surface area contributed by atoms with Gasteiger partial charge in [-0.2, -0.15) is 0 Å². The number of aromatic nitrogens is 2. The Kier molecular flexibility index (Phi) is 6.93. The summed E-state index contributed by atoms with van der Waals surface area (Å²) in [5, 5.41) is 4.21. The van der Waals surface area contributed by atoms with Crippen LogP contribution in [0.5, 0.6) is 11.5 Å². The molecule has 2 heterocycles. The van der Waals surface area contributed by atoms with Crippen LogP contribution in [-0.2, 0) is 4.74 Å². The first-order valence-electron chi connectivity index (χ1n) is 9.99. The molecule has 1 aromatic carbocycles. The van der Waals surface area contributed by atoms with E-state index in [1.807, 2.05) is 25.3 Å². The summed E-state index contributed by atoms with van der Waals surface area (Å²) in [7, 11) is 1.45. The third kappa shape index (κ3) is 4.80. The third-order valence-electron chi connectivity index (χ3n) is 4.73. The molecule has 3 rings (SSSR count). The maximum atomic E-state index is 12.8. The summed E-state index contributed by atoms with van der Waals surface area (Å²) in [5.41, 5.74) is 2.08. The fourth-order valence-electron chi connectivity index (χ4n) is 3.34. The number of hydrogen-bond acceptors (Lipinski definition) is 7. The topological polar surface area (TPSA) is 92.8 Å². The SMILES string of the molecule is COc1cc(C(=O)OCC(=O)c2cc(C)n(-c3cc(C)on3)c2C)cc(Cl)c1OC(C)C. The fourth-order valence-corrected chi connectivity index (χ4v) is 3.59. The van der Waals surface area contributed by atoms with Crippen LogP contribution in [0.25, 0.3) is 5.82 Å². The lowest BCUT2D eigenvalue weighted by atomic mass is 10.1. The number of hydrogen-bond donors (Lipinski definition) is 0. The Morgan fingerprint density at radius 2 is 1.88 bits per heavy atom. The van der Waals surface area contributed by atoms with Crippen molar-refractivity contribution in [1.29, 1.82) is 0 Å². The van der Waals surface area contributed by atoms with Crippen LogP contribution < -0.4 is 9.47 Å². The molecule has 0 fully saturated rings. The van der Waals surface area contributed by atoms with Crippen LogP contribution in [-0.4, -0.2) is 41.3 Å². The first-order chi connectivity index (χ1) is 15.1. The average molecular weight is 461 g/mol. The number of methoxy groups -OCH3 is 1. The van der Waals surface area contributed by atoms with Crippen molar-refractivity contribution in [3.8, 4) is 17.3 Å². The number of Topliss-reactive ketones (excluding diaryl/α,β-unsaturated/α-hetero) is 1. The van der Waals surface area contributed by atoms with Gasteiger partial charge < -0.3 is 18.7 Å². The largest absolute Gasteiger partial charge is 0.493 e. The van der Waals surface area contributed by atoms with Crippen molar-refractivity contribution in [2.75, 3.05) is 13.7 Å². The normalized spacial score (nSPS) is 11.0. The Labute approximate surface area is 191 Å². The van der Waals surface area contributed by atoms with Gasteiger partial charge in [0, 0.05) is 23.0 Å². The van der Waals surface area contributed by atoms with Gasteiger partial charge in [0.25, 0.3) is 0 Å². The van der Waals surface area contributed by atoms with Crippen molar-refractivity contribution in [3.05, 3.63) is 57.6 Å². The van der Waals surface area contributed by atoms with Crippen LogP contribution in [0, 0.1) is 20.8 Å². The predicted octanol–water partition coefficient (Wildman–Crippen LogP) is 4.88. The average Bonchev–Trinajstić information content (AvgIpc) is 3.28. The van der Waals surface area contributed by atoms with E-state index in [-0.39, 0.29) is 22.5 Å². The molecule has 0 saturated carbocycles. The molecule has 3 aromatic rings. The molecule has 0 spiro atoms. The van der Waals surface area contributed by atoms with Crippen molar-refractivity contribution in [2.24, 2.45) is 0 Å². The first kappa shape index (κ1) is 23.4. The van der Waals surface area contributed by atoms with Crippen LogP contribution in [0.2, 0.25) is 5.02 Å². The highest BCUT2D eigenvalue weighted by Gasteiger charge is 2.22. The Balaban J connectivity index is 1.76. The predicted molar refractivity (Wildman–Crippen MR) is 118 cm³/mol. The van der Waals surface area contributed by atoms with E-state index >= 15 is 0 Å². The second-order valence-electron chi connectivity index (χ2n) is 7.57. The Bertz CT molecular complexity index is 1160. The highest BCUT2D eigenvalue weighted by atomic mass is 35.5. The summed E-state index contributed by atoms with van der Waals surface area (Å²) in [4.78, 5) is 25.3. The molecule has 0 N–H and O–H groups in total. The molecule has 8 nitrogen and oxygen atoms in total. The molecule has 0 amide bonds. The minimum atomic E-state index is -0.699. The van der Waals surface area contributed by atoms with Crippen molar-refractivity contribution in [2.45, 2.75) is 40.7 Å². The lowest BCUT2D eigenvalue weighted by Crippen LogP contribution is -2.15. The molecular weight excluding hydrogens is 436 g/mol. The van der Waals surface area contributed by atoms with Gasteiger partial charge in [0.2, 0.25) is 5.78 Å². The number of carbonyl (C=O) groups is 2. The number of esters is 1. The summed E-state index contributed by atoms with van der Waals surface area (Å²) in [5.74, 6) is 0.849. The van der Waals surface area contributed by atoms with Crippen LogP contribution in [0.4, 0.5) is 0 Å². The molecule has 0 atom stereocenters. The van der Waals surface area contributed by atoms with Gasteiger partial charge in [-0.25, -0.2) is 4.79 Å². The van der Waals surface area contributed by atoms with Crippen LogP contribution in [0.1, 0.15) is 51.7 Å². The van der Waals surface area contributed by atoms with E-state index in [1.165, 1.54) is 19.2 Å². The van der Waals surface area contributed by atoms with Crippen molar-refractivity contribution in [1.82, 2.24) is 9.72 Å². The van der Waals surface area contributed by atoms with Crippen molar-refractivity contribution in [3.63, 3.8) is 0 Å². The number of nitrogens with zero attached hydrogens (tertiary/aromatic N) is 2. The highest BCUT2D eigenvalue weighted by molar-refractivity contribution is 6.32. The number of benzene rings is 1. The summed E-state index contributed by atoms with van der Waals surface area (Å²) >= 11 is 6.26. The smallest absolute Gasteiger partial charge is 0.338 e. The second kappa shape index (κ2) is 9.48. The summed E-state index contributed by atoms with van der Waals surface area (Å²) in [6, 6.07) is 6.40. The monoisotopic (exact) mass is 460 g/mol. The van der Waals surface area contributed by atoms with E-state index in [9.17, 15) is 9.59 Å². The lowest BCUT2D eigenvalue weighted by Gasteiger charge is -2.16. The second-order valence-corrected chi connectivity index (χ2v) is 7.98. The van der Waals surface area contributed by atoms with E-state index in [0.29, 0.717) is 34.3 Å². The number of ketones is 1. The molecule has 0 unspecified atom stereocenters. The summed E-state index contributed by atoms with van der Waals surface area (Å²) in [6.45, 7) is 8.72. The molecular formula is C23H25ClN2O6. The first-order valence-corrected chi connectivity index (χ1v) is 10.4. The zero-order valence-electron chi connectivity index (χ0n) is 18.8. The van der Waals surface area contributed by atoms with Gasteiger partial charge in [-0.1, -0.05) is 16.8 Å². The number of rotatable bonds is 8. The maximum Gasteiger partial charge on any atom is 0.338 e. The molecule has 0 aliphatic heterocycles. The molecule has 0 aliphatic rings. The minimum Gasteiger partial charge on any atom is -0.493 e. The highest BCUT2D eigenvalue weighted by Crippen LogP contribution is 2.37. The molecule has 0 bridgehead atoms. The summed E-state index contributed by atoms with van der Waals surface area (Å²) in [6.07, 6.45) is -0.128. The number of carbonyl (C=O) groups excluding carboxylic acids is 2. The zero-order valence-corrected chi connectivity index (χ0v) is 19.6. The Morgan fingerprint density at radius 3 is 2.47 bits per heavy atom. The number of ether oxygens (including phenoxy) is 3. The fraction of sp³-hybridized carbons (Fsp3) is 0.348. The van der Waals surface area contributed by atoms with E-state index < -0.39 is 12.6 Å². The standard InChI is InChI=1S/C23H25ClN2O6/c1-12(2)31-22-18(24)9-16(10-20(22)29-6)23(28)30-11-19(27)17-7-13(3)26(15(17)5)21-8-14(4)32-25-21/h7-10,12H,11H2,1-6H3. The quantitative estimate of drug-likeness (QED) is 0.349. The summed E-state index contributed by atoms with van der Waals surface area (Å²) < 4.78 is 23.1. The lowest BCUT2D eigenvalue weighted by molar-refractivity contribution is 0.0474. The molecule has 0 saturated heterocycles. The van der Waals surface area contributed by atoms with Gasteiger partial charge in [-0.05, 0) is 52.8 Å². The maximum absolute atomic E-state index is 12.8. The minimum absolute atomic E-state index is 0.128. The third-order valence-corrected chi connectivity index (χ3v) is 5.01. The number of aryl methyl sites for hydroxylation is 2. The van der Waals surface area contributed by atoms with Crippen LogP contribution in [0.3, 0.4) is 0 Å². The van der Waals surface area contributed by atoms with Gasteiger partial charge >= 0.3 is 5.97 Å². The van der Waals surface area contributed by atoms with E-state index in [2.05, 4.69) is 5.16 Å². The van der Waals surface area contributed by atoms with Gasteiger partial charge in [0.1, 0.15) is 5.76 Å². The Morgan fingerprint density at radius 1 is 1.16 bits per heavy atom. The van der Waals surface area contributed by atoms with Gasteiger partial charge in [-0.15, -0.1) is 0 Å². The molecule has 170 valence electrons. The molecule has 0 aliphatic carbocycles. The van der Waals surface area contributed by atoms with E-state index in [4.69, 9.17) is 30.3 Å².